The Balaban J connectivity index is 1.88. The first-order valence-electron chi connectivity index (χ1n) is 7.92. The van der Waals surface area contributed by atoms with Crippen LogP contribution in [0.2, 0.25) is 0 Å². The summed E-state index contributed by atoms with van der Waals surface area (Å²) in [6.45, 7) is 2.03. The van der Waals surface area contributed by atoms with Gasteiger partial charge in [0.25, 0.3) is 5.91 Å². The Bertz CT molecular complexity index is 762. The zero-order valence-corrected chi connectivity index (χ0v) is 14.4. The van der Waals surface area contributed by atoms with Crippen LogP contribution in [0.3, 0.4) is 0 Å². The third kappa shape index (κ3) is 3.39. The van der Waals surface area contributed by atoms with Crippen LogP contribution < -0.4 is 0 Å². The van der Waals surface area contributed by atoms with Crippen LogP contribution in [0, 0.1) is 6.92 Å². The van der Waals surface area contributed by atoms with Crippen molar-refractivity contribution >= 4 is 11.8 Å². The molecule has 1 aromatic carbocycles. The predicted molar refractivity (Wildman–Crippen MR) is 87.2 cm³/mol. The lowest BCUT2D eigenvalue weighted by Crippen LogP contribution is -2.53. The van der Waals surface area contributed by atoms with Gasteiger partial charge in [-0.25, -0.2) is 0 Å². The first kappa shape index (κ1) is 17.1. The number of nitrogens with zero attached hydrogens (tertiary/aromatic N) is 4. The molecule has 3 rings (SSSR count). The molecule has 25 heavy (non-hydrogen) atoms. The highest BCUT2D eigenvalue weighted by Gasteiger charge is 2.41. The average Bonchev–Trinajstić information content (AvgIpc) is 3.10. The second kappa shape index (κ2) is 7.02. The predicted octanol–water partition coefficient (Wildman–Crippen LogP) is 0.935. The molecule has 2 heterocycles. The molecule has 2 amide bonds. The number of amides is 2. The number of hydrogen-bond donors (Lipinski definition) is 0. The first-order chi connectivity index (χ1) is 12.0. The number of aryl methyl sites for hydroxylation is 1. The van der Waals surface area contributed by atoms with Crippen molar-refractivity contribution in [3.05, 3.63) is 47.6 Å². The highest BCUT2D eigenvalue weighted by molar-refractivity contribution is 5.86. The topological polar surface area (TPSA) is 88.8 Å². The van der Waals surface area contributed by atoms with E-state index in [-0.39, 0.29) is 25.0 Å². The number of carbonyl (C=O) groups is 2. The second-order valence-corrected chi connectivity index (χ2v) is 6.08. The number of likely N-dealkylation sites (N-methyl/N-ethyl adjacent to an activating group) is 2. The maximum Gasteiger partial charge on any atom is 0.254 e. The fourth-order valence-electron chi connectivity index (χ4n) is 2.98. The van der Waals surface area contributed by atoms with Gasteiger partial charge in [-0.1, -0.05) is 29.4 Å². The highest BCUT2D eigenvalue weighted by Crippen LogP contribution is 2.32. The molecule has 2 atom stereocenters. The standard InChI is InChI=1S/C17H20N4O4/c1-11-6-4-5-7-12(11)15-16(24-9-14(22)21(15)3)17(23)20(2)8-13-18-10-25-19-13/h4-7,10,15-16H,8-9H2,1-3H3/t15-,16+/m1/s1. The molecule has 1 fully saturated rings. The van der Waals surface area contributed by atoms with Crippen LogP contribution >= 0.6 is 0 Å². The lowest BCUT2D eigenvalue weighted by atomic mass is 9.93. The van der Waals surface area contributed by atoms with E-state index in [2.05, 4.69) is 10.1 Å². The van der Waals surface area contributed by atoms with Crippen LogP contribution in [0.5, 0.6) is 0 Å². The summed E-state index contributed by atoms with van der Waals surface area (Å²) in [5.74, 6) is 0.0130. The van der Waals surface area contributed by atoms with Gasteiger partial charge in [-0.3, -0.25) is 9.59 Å². The Morgan fingerprint density at radius 1 is 1.40 bits per heavy atom. The van der Waals surface area contributed by atoms with Crippen molar-refractivity contribution in [3.8, 4) is 0 Å². The SMILES string of the molecule is Cc1ccccc1[C@@H]1[C@@H](C(=O)N(C)Cc2ncon2)OCC(=O)N1C. The minimum atomic E-state index is -0.791. The molecule has 1 aromatic heterocycles. The van der Waals surface area contributed by atoms with E-state index in [0.29, 0.717) is 5.82 Å². The van der Waals surface area contributed by atoms with Crippen molar-refractivity contribution < 1.29 is 18.8 Å². The molecule has 8 heteroatoms. The molecule has 0 N–H and O–H groups in total. The van der Waals surface area contributed by atoms with Crippen LogP contribution in [0.1, 0.15) is 23.0 Å². The van der Waals surface area contributed by atoms with Gasteiger partial charge in [0, 0.05) is 14.1 Å². The number of benzene rings is 1. The number of ether oxygens (including phenoxy) is 1. The van der Waals surface area contributed by atoms with Crippen LogP contribution in [0.25, 0.3) is 0 Å². The quantitative estimate of drug-likeness (QED) is 0.820. The normalized spacial score (nSPS) is 20.6. The highest BCUT2D eigenvalue weighted by atomic mass is 16.5. The largest absolute Gasteiger partial charge is 0.356 e. The number of morpholine rings is 1. The summed E-state index contributed by atoms with van der Waals surface area (Å²) in [4.78, 5) is 32.1. The van der Waals surface area contributed by atoms with Gasteiger partial charge in [-0.2, -0.15) is 4.98 Å². The average molecular weight is 344 g/mol. The molecule has 0 aliphatic carbocycles. The van der Waals surface area contributed by atoms with Gasteiger partial charge in [0.05, 0.1) is 12.6 Å². The minimum Gasteiger partial charge on any atom is -0.356 e. The molecule has 8 nitrogen and oxygen atoms in total. The van der Waals surface area contributed by atoms with E-state index in [1.54, 1.807) is 19.0 Å². The lowest BCUT2D eigenvalue weighted by molar-refractivity contribution is -0.167. The summed E-state index contributed by atoms with van der Waals surface area (Å²) < 4.78 is 10.3. The summed E-state index contributed by atoms with van der Waals surface area (Å²) >= 11 is 0. The van der Waals surface area contributed by atoms with Gasteiger partial charge < -0.3 is 19.1 Å². The molecule has 1 saturated heterocycles. The molecule has 0 unspecified atom stereocenters. The van der Waals surface area contributed by atoms with Crippen molar-refractivity contribution in [2.45, 2.75) is 25.6 Å². The fraction of sp³-hybridized carbons (Fsp3) is 0.412. The van der Waals surface area contributed by atoms with Crippen molar-refractivity contribution in [2.75, 3.05) is 20.7 Å². The third-order valence-corrected chi connectivity index (χ3v) is 4.40. The number of rotatable bonds is 4. The second-order valence-electron chi connectivity index (χ2n) is 6.08. The molecule has 0 bridgehead atoms. The van der Waals surface area contributed by atoms with Crippen molar-refractivity contribution in [1.82, 2.24) is 19.9 Å². The zero-order valence-electron chi connectivity index (χ0n) is 14.4. The summed E-state index contributed by atoms with van der Waals surface area (Å²) in [6.07, 6.45) is 0.425. The van der Waals surface area contributed by atoms with E-state index in [4.69, 9.17) is 9.26 Å². The molecule has 2 aromatic rings. The van der Waals surface area contributed by atoms with Crippen LogP contribution in [0.15, 0.2) is 35.2 Å². The Morgan fingerprint density at radius 3 is 2.84 bits per heavy atom. The van der Waals surface area contributed by atoms with Gasteiger partial charge in [0.2, 0.25) is 12.3 Å². The lowest BCUT2D eigenvalue weighted by Gasteiger charge is -2.40. The van der Waals surface area contributed by atoms with E-state index >= 15 is 0 Å². The molecule has 1 aliphatic rings. The van der Waals surface area contributed by atoms with E-state index in [1.165, 1.54) is 11.3 Å². The Morgan fingerprint density at radius 2 is 2.16 bits per heavy atom. The van der Waals surface area contributed by atoms with Crippen LogP contribution in [-0.4, -0.2) is 58.6 Å². The van der Waals surface area contributed by atoms with E-state index in [9.17, 15) is 9.59 Å². The minimum absolute atomic E-state index is 0.120. The number of carbonyl (C=O) groups excluding carboxylic acids is 2. The Kier molecular flexibility index (Phi) is 4.80. The van der Waals surface area contributed by atoms with Gasteiger partial charge in [-0.15, -0.1) is 0 Å². The molecule has 1 aliphatic heterocycles. The summed E-state index contributed by atoms with van der Waals surface area (Å²) in [6, 6.07) is 7.19. The zero-order chi connectivity index (χ0) is 18.0. The molecular formula is C17H20N4O4. The van der Waals surface area contributed by atoms with Crippen molar-refractivity contribution in [3.63, 3.8) is 0 Å². The van der Waals surface area contributed by atoms with E-state index in [0.717, 1.165) is 11.1 Å². The molecule has 0 radical (unpaired) electrons. The Labute approximate surface area is 145 Å². The van der Waals surface area contributed by atoms with Crippen molar-refractivity contribution in [1.29, 1.82) is 0 Å². The van der Waals surface area contributed by atoms with Gasteiger partial charge in [-0.05, 0) is 18.1 Å². The van der Waals surface area contributed by atoms with E-state index < -0.39 is 12.1 Å². The van der Waals surface area contributed by atoms with Crippen molar-refractivity contribution in [2.24, 2.45) is 0 Å². The molecule has 0 saturated carbocycles. The monoisotopic (exact) mass is 344 g/mol. The first-order valence-corrected chi connectivity index (χ1v) is 7.92. The maximum absolute atomic E-state index is 12.9. The summed E-state index contributed by atoms with van der Waals surface area (Å²) in [7, 11) is 3.34. The third-order valence-electron chi connectivity index (χ3n) is 4.40. The smallest absolute Gasteiger partial charge is 0.254 e. The molecule has 0 spiro atoms. The van der Waals surface area contributed by atoms with Crippen LogP contribution in [0.4, 0.5) is 0 Å². The maximum atomic E-state index is 12.9. The van der Waals surface area contributed by atoms with E-state index in [1.807, 2.05) is 31.2 Å². The van der Waals surface area contributed by atoms with Crippen LogP contribution in [-0.2, 0) is 20.9 Å². The molecule has 132 valence electrons. The summed E-state index contributed by atoms with van der Waals surface area (Å²) in [5, 5.41) is 3.72. The number of hydrogen-bond acceptors (Lipinski definition) is 6. The fourth-order valence-corrected chi connectivity index (χ4v) is 2.98. The van der Waals surface area contributed by atoms with Gasteiger partial charge in [0.1, 0.15) is 6.61 Å². The van der Waals surface area contributed by atoms with Gasteiger partial charge in [0.15, 0.2) is 11.9 Å². The Hall–Kier alpha value is -2.74. The van der Waals surface area contributed by atoms with Gasteiger partial charge >= 0.3 is 0 Å². The molecular weight excluding hydrogens is 324 g/mol. The number of aromatic nitrogens is 2. The summed E-state index contributed by atoms with van der Waals surface area (Å²) in [5.41, 5.74) is 1.89.